The first-order chi connectivity index (χ1) is 8.41. The molecule has 1 heterocycles. The van der Waals surface area contributed by atoms with Crippen LogP contribution in [0.4, 0.5) is 0 Å². The molecular formula is C15H16BrNO. The summed E-state index contributed by atoms with van der Waals surface area (Å²) in [5.41, 5.74) is 5.78. The Labute approximate surface area is 116 Å². The van der Waals surface area contributed by atoms with Gasteiger partial charge in [0, 0.05) is 15.7 Å². The summed E-state index contributed by atoms with van der Waals surface area (Å²) >= 11 is 3.46. The van der Waals surface area contributed by atoms with Gasteiger partial charge >= 0.3 is 0 Å². The van der Waals surface area contributed by atoms with Gasteiger partial charge in [0.1, 0.15) is 0 Å². The van der Waals surface area contributed by atoms with Crippen LogP contribution in [-0.4, -0.2) is 10.8 Å². The second kappa shape index (κ2) is 4.73. The molecule has 0 amide bonds. The van der Waals surface area contributed by atoms with Crippen LogP contribution in [0.5, 0.6) is 0 Å². The molecule has 0 fully saturated rings. The number of carbonyl (C=O) groups is 1. The topological polar surface area (TPSA) is 32.9 Å². The molecule has 18 heavy (non-hydrogen) atoms. The van der Waals surface area contributed by atoms with Gasteiger partial charge in [-0.05, 0) is 50.5 Å². The van der Waals surface area contributed by atoms with E-state index in [1.807, 2.05) is 45.9 Å². The van der Waals surface area contributed by atoms with E-state index in [1.54, 1.807) is 0 Å². The van der Waals surface area contributed by atoms with Crippen molar-refractivity contribution >= 4 is 21.7 Å². The van der Waals surface area contributed by atoms with Crippen molar-refractivity contribution in [2.75, 3.05) is 0 Å². The van der Waals surface area contributed by atoms with Gasteiger partial charge in [-0.1, -0.05) is 28.1 Å². The molecule has 0 saturated carbocycles. The molecule has 0 spiro atoms. The second-order valence-corrected chi connectivity index (χ2v) is 5.52. The SMILES string of the molecule is Cc1ccc(C(=O)c2[nH]c(C)c(C)c2C)cc1Br. The molecule has 1 N–H and O–H groups in total. The van der Waals surface area contributed by atoms with Crippen molar-refractivity contribution in [1.29, 1.82) is 0 Å². The molecule has 0 aliphatic heterocycles. The van der Waals surface area contributed by atoms with Crippen LogP contribution in [0.1, 0.15) is 38.4 Å². The number of rotatable bonds is 2. The van der Waals surface area contributed by atoms with Crippen LogP contribution in [0.15, 0.2) is 22.7 Å². The fourth-order valence-electron chi connectivity index (χ4n) is 1.95. The number of H-pyrrole nitrogens is 1. The van der Waals surface area contributed by atoms with Gasteiger partial charge in [0.25, 0.3) is 0 Å². The Morgan fingerprint density at radius 3 is 2.28 bits per heavy atom. The molecule has 0 aliphatic carbocycles. The van der Waals surface area contributed by atoms with Crippen molar-refractivity contribution in [3.05, 3.63) is 56.3 Å². The standard InChI is InChI=1S/C15H16BrNO/c1-8-5-6-12(7-13(8)16)15(18)14-10(3)9(2)11(4)17-14/h5-7,17H,1-4H3. The summed E-state index contributed by atoms with van der Waals surface area (Å²) in [6.07, 6.45) is 0. The van der Waals surface area contributed by atoms with Gasteiger partial charge in [0.15, 0.2) is 0 Å². The number of benzene rings is 1. The third-order valence-electron chi connectivity index (χ3n) is 3.47. The molecule has 3 heteroatoms. The maximum absolute atomic E-state index is 12.4. The largest absolute Gasteiger partial charge is 0.356 e. The molecule has 2 nitrogen and oxygen atoms in total. The molecule has 2 rings (SSSR count). The first-order valence-corrected chi connectivity index (χ1v) is 6.67. The van der Waals surface area contributed by atoms with Crippen LogP contribution in [0.25, 0.3) is 0 Å². The van der Waals surface area contributed by atoms with E-state index in [1.165, 1.54) is 0 Å². The van der Waals surface area contributed by atoms with Crippen molar-refractivity contribution < 1.29 is 4.79 Å². The number of halogens is 1. The van der Waals surface area contributed by atoms with Gasteiger partial charge < -0.3 is 4.98 Å². The number of hydrogen-bond acceptors (Lipinski definition) is 1. The first-order valence-electron chi connectivity index (χ1n) is 5.88. The Balaban J connectivity index is 2.48. The molecule has 0 aliphatic rings. The average molecular weight is 306 g/mol. The molecule has 1 aromatic heterocycles. The Kier molecular flexibility index (Phi) is 3.44. The van der Waals surface area contributed by atoms with E-state index in [0.29, 0.717) is 11.3 Å². The Morgan fingerprint density at radius 1 is 1.11 bits per heavy atom. The van der Waals surface area contributed by atoms with Gasteiger partial charge in [-0.2, -0.15) is 0 Å². The highest BCUT2D eigenvalue weighted by Crippen LogP contribution is 2.23. The fraction of sp³-hybridized carbons (Fsp3) is 0.267. The van der Waals surface area contributed by atoms with Crippen LogP contribution in [0.3, 0.4) is 0 Å². The van der Waals surface area contributed by atoms with Crippen molar-refractivity contribution in [3.8, 4) is 0 Å². The lowest BCUT2D eigenvalue weighted by Gasteiger charge is -2.03. The minimum absolute atomic E-state index is 0.0457. The lowest BCUT2D eigenvalue weighted by molar-refractivity contribution is 0.103. The van der Waals surface area contributed by atoms with Crippen molar-refractivity contribution in [2.45, 2.75) is 27.7 Å². The van der Waals surface area contributed by atoms with Gasteiger partial charge in [-0.15, -0.1) is 0 Å². The predicted octanol–water partition coefficient (Wildman–Crippen LogP) is 4.24. The molecule has 1 aromatic carbocycles. The highest BCUT2D eigenvalue weighted by molar-refractivity contribution is 9.10. The molecule has 0 radical (unpaired) electrons. The summed E-state index contributed by atoms with van der Waals surface area (Å²) in [7, 11) is 0. The monoisotopic (exact) mass is 305 g/mol. The molecule has 0 bridgehead atoms. The summed E-state index contributed by atoms with van der Waals surface area (Å²) in [5, 5.41) is 0. The van der Waals surface area contributed by atoms with Gasteiger partial charge in [0.05, 0.1) is 5.69 Å². The van der Waals surface area contributed by atoms with Crippen LogP contribution >= 0.6 is 15.9 Å². The number of nitrogens with one attached hydrogen (secondary N) is 1. The molecular weight excluding hydrogens is 290 g/mol. The van der Waals surface area contributed by atoms with E-state index in [-0.39, 0.29) is 5.78 Å². The summed E-state index contributed by atoms with van der Waals surface area (Å²) in [5.74, 6) is 0.0457. The zero-order valence-electron chi connectivity index (χ0n) is 11.0. The van der Waals surface area contributed by atoms with Crippen LogP contribution in [0.2, 0.25) is 0 Å². The van der Waals surface area contributed by atoms with E-state index in [4.69, 9.17) is 0 Å². The van der Waals surface area contributed by atoms with E-state index < -0.39 is 0 Å². The zero-order chi connectivity index (χ0) is 13.4. The molecule has 0 saturated heterocycles. The Bertz CT molecular complexity index is 626. The minimum atomic E-state index is 0.0457. The smallest absolute Gasteiger partial charge is 0.209 e. The Hall–Kier alpha value is -1.35. The number of ketones is 1. The number of aryl methyl sites for hydroxylation is 2. The minimum Gasteiger partial charge on any atom is -0.356 e. The van der Waals surface area contributed by atoms with Gasteiger partial charge in [0.2, 0.25) is 5.78 Å². The molecule has 2 aromatic rings. The summed E-state index contributed by atoms with van der Waals surface area (Å²) in [4.78, 5) is 15.6. The number of hydrogen-bond donors (Lipinski definition) is 1. The zero-order valence-corrected chi connectivity index (χ0v) is 12.6. The number of aromatic amines is 1. The van der Waals surface area contributed by atoms with Crippen molar-refractivity contribution in [2.24, 2.45) is 0 Å². The summed E-state index contributed by atoms with van der Waals surface area (Å²) in [6, 6.07) is 5.70. The second-order valence-electron chi connectivity index (χ2n) is 4.67. The first kappa shape index (κ1) is 13.1. The van der Waals surface area contributed by atoms with Crippen molar-refractivity contribution in [3.63, 3.8) is 0 Å². The van der Waals surface area contributed by atoms with Gasteiger partial charge in [-0.3, -0.25) is 4.79 Å². The number of carbonyl (C=O) groups excluding carboxylic acids is 1. The fourth-order valence-corrected chi connectivity index (χ4v) is 2.33. The Morgan fingerprint density at radius 2 is 1.78 bits per heavy atom. The van der Waals surface area contributed by atoms with E-state index in [9.17, 15) is 4.79 Å². The highest BCUT2D eigenvalue weighted by atomic mass is 79.9. The normalized spacial score (nSPS) is 10.7. The highest BCUT2D eigenvalue weighted by Gasteiger charge is 2.17. The summed E-state index contributed by atoms with van der Waals surface area (Å²) < 4.78 is 0.964. The van der Waals surface area contributed by atoms with E-state index in [0.717, 1.165) is 26.9 Å². The van der Waals surface area contributed by atoms with Gasteiger partial charge in [-0.25, -0.2) is 0 Å². The molecule has 0 unspecified atom stereocenters. The lowest BCUT2D eigenvalue weighted by atomic mass is 10.0. The van der Waals surface area contributed by atoms with Crippen LogP contribution < -0.4 is 0 Å². The molecule has 94 valence electrons. The van der Waals surface area contributed by atoms with Crippen LogP contribution in [-0.2, 0) is 0 Å². The maximum atomic E-state index is 12.4. The van der Waals surface area contributed by atoms with E-state index in [2.05, 4.69) is 20.9 Å². The number of aromatic nitrogens is 1. The summed E-state index contributed by atoms with van der Waals surface area (Å²) in [6.45, 7) is 8.01. The lowest BCUT2D eigenvalue weighted by Crippen LogP contribution is -2.04. The average Bonchev–Trinajstić information content (AvgIpc) is 2.60. The van der Waals surface area contributed by atoms with Crippen molar-refractivity contribution in [1.82, 2.24) is 4.98 Å². The molecule has 0 atom stereocenters. The predicted molar refractivity (Wildman–Crippen MR) is 77.3 cm³/mol. The van der Waals surface area contributed by atoms with E-state index >= 15 is 0 Å². The third kappa shape index (κ3) is 2.15. The van der Waals surface area contributed by atoms with Crippen LogP contribution in [0, 0.1) is 27.7 Å². The quantitative estimate of drug-likeness (QED) is 0.827. The maximum Gasteiger partial charge on any atom is 0.209 e. The third-order valence-corrected chi connectivity index (χ3v) is 4.33.